The topological polar surface area (TPSA) is 89.5 Å². The summed E-state index contributed by atoms with van der Waals surface area (Å²) in [5, 5.41) is 1.19. The van der Waals surface area contributed by atoms with Gasteiger partial charge in [0.05, 0.1) is 5.51 Å². The summed E-state index contributed by atoms with van der Waals surface area (Å²) in [5.41, 5.74) is 1.25. The minimum absolute atomic E-state index is 0.0309. The van der Waals surface area contributed by atoms with Gasteiger partial charge in [0.1, 0.15) is 5.60 Å². The van der Waals surface area contributed by atoms with Crippen LogP contribution < -0.4 is 4.31 Å². The number of thiazole rings is 1. The number of nitrogens with zero attached hydrogens (tertiary/aromatic N) is 3. The Labute approximate surface area is 152 Å². The summed E-state index contributed by atoms with van der Waals surface area (Å²) in [5.74, 6) is -0.0309. The molecule has 0 atom stereocenters. The minimum atomic E-state index is -4.26. The summed E-state index contributed by atoms with van der Waals surface area (Å²) in [6, 6.07) is 1.38. The van der Waals surface area contributed by atoms with E-state index < -0.39 is 21.7 Å². The molecule has 0 aliphatic rings. The van der Waals surface area contributed by atoms with Gasteiger partial charge in [0.15, 0.2) is 10.8 Å². The van der Waals surface area contributed by atoms with Crippen molar-refractivity contribution in [2.45, 2.75) is 38.3 Å². The molecule has 0 spiro atoms. The molecule has 0 aliphatic heterocycles. The fourth-order valence-electron chi connectivity index (χ4n) is 1.67. The van der Waals surface area contributed by atoms with E-state index in [9.17, 15) is 13.2 Å². The van der Waals surface area contributed by atoms with Gasteiger partial charge in [0, 0.05) is 16.0 Å². The van der Waals surface area contributed by atoms with E-state index in [0.29, 0.717) is 14.3 Å². The third-order valence-electron chi connectivity index (χ3n) is 2.71. The van der Waals surface area contributed by atoms with E-state index in [-0.39, 0.29) is 10.8 Å². The van der Waals surface area contributed by atoms with Crippen LogP contribution in [0.15, 0.2) is 32.7 Å². The smallest absolute Gasteiger partial charge is 0.430 e. The first kappa shape index (κ1) is 18.8. The van der Waals surface area contributed by atoms with E-state index in [0.717, 1.165) is 0 Å². The number of hydrogen-bond acceptors (Lipinski definition) is 7. The average Bonchev–Trinajstić information content (AvgIpc) is 2.93. The number of amides is 1. The summed E-state index contributed by atoms with van der Waals surface area (Å²) < 4.78 is 32.3. The number of ether oxygens (including phenoxy) is 1. The fraction of sp³-hybridized carbons (Fsp3) is 0.357. The summed E-state index contributed by atoms with van der Waals surface area (Å²) in [6.07, 6.45) is 0.340. The number of aryl methyl sites for hydroxylation is 1. The molecule has 0 saturated carbocycles. The van der Waals surface area contributed by atoms with Gasteiger partial charge >= 0.3 is 6.09 Å². The maximum Gasteiger partial charge on any atom is 0.430 e. The molecule has 24 heavy (non-hydrogen) atoms. The predicted molar refractivity (Wildman–Crippen MR) is 94.7 cm³/mol. The molecule has 0 bridgehead atoms. The standard InChI is InChI=1S/C14H16BrN3O4S2/c1-9-5-12(16-6-10(9)15)24(20,21)18(11-7-23-8-17-11)13(19)22-14(2,3)4/h5-8H,1-4H3. The van der Waals surface area contributed by atoms with Gasteiger partial charge in [-0.15, -0.1) is 15.6 Å². The van der Waals surface area contributed by atoms with E-state index in [4.69, 9.17) is 4.74 Å². The number of rotatable bonds is 3. The van der Waals surface area contributed by atoms with Gasteiger partial charge in [-0.25, -0.2) is 14.8 Å². The van der Waals surface area contributed by atoms with Crippen molar-refractivity contribution >= 4 is 49.2 Å². The molecule has 0 N–H and O–H groups in total. The van der Waals surface area contributed by atoms with Crippen molar-refractivity contribution in [3.05, 3.63) is 33.2 Å². The zero-order valence-corrected chi connectivity index (χ0v) is 16.7. The largest absolute Gasteiger partial charge is 0.443 e. The van der Waals surface area contributed by atoms with E-state index in [1.807, 2.05) is 0 Å². The van der Waals surface area contributed by atoms with Crippen molar-refractivity contribution in [1.29, 1.82) is 0 Å². The highest BCUT2D eigenvalue weighted by molar-refractivity contribution is 9.10. The first-order chi connectivity index (χ1) is 11.0. The highest BCUT2D eigenvalue weighted by atomic mass is 79.9. The van der Waals surface area contributed by atoms with Crippen LogP contribution in [0.25, 0.3) is 0 Å². The minimum Gasteiger partial charge on any atom is -0.443 e. The van der Waals surface area contributed by atoms with Crippen molar-refractivity contribution in [2.75, 3.05) is 4.31 Å². The first-order valence-corrected chi connectivity index (χ1v) is 9.98. The number of aromatic nitrogens is 2. The van der Waals surface area contributed by atoms with Gasteiger partial charge in [0.25, 0.3) is 10.0 Å². The summed E-state index contributed by atoms with van der Waals surface area (Å²) >= 11 is 4.43. The Bertz CT molecular complexity index is 845. The Kier molecular flexibility index (Phi) is 5.31. The summed E-state index contributed by atoms with van der Waals surface area (Å²) in [6.45, 7) is 6.68. The maximum absolute atomic E-state index is 12.9. The van der Waals surface area contributed by atoms with Crippen molar-refractivity contribution in [3.8, 4) is 0 Å². The molecule has 130 valence electrons. The van der Waals surface area contributed by atoms with E-state index in [1.165, 1.54) is 34.5 Å². The molecule has 0 aromatic carbocycles. The number of carbonyl (C=O) groups excluding carboxylic acids is 1. The van der Waals surface area contributed by atoms with Crippen LogP contribution in [-0.2, 0) is 14.8 Å². The van der Waals surface area contributed by atoms with Crippen molar-refractivity contribution < 1.29 is 17.9 Å². The van der Waals surface area contributed by atoms with Crippen LogP contribution >= 0.6 is 27.3 Å². The Balaban J connectivity index is 2.53. The van der Waals surface area contributed by atoms with Crippen molar-refractivity contribution in [3.63, 3.8) is 0 Å². The monoisotopic (exact) mass is 433 g/mol. The molecule has 7 nitrogen and oxygen atoms in total. The Morgan fingerprint density at radius 3 is 2.50 bits per heavy atom. The van der Waals surface area contributed by atoms with Crippen LogP contribution in [0.4, 0.5) is 10.6 Å². The SMILES string of the molecule is Cc1cc(S(=O)(=O)N(C(=O)OC(C)(C)C)c2cscn2)ncc1Br. The van der Waals surface area contributed by atoms with Crippen LogP contribution in [0.1, 0.15) is 26.3 Å². The number of anilines is 1. The average molecular weight is 434 g/mol. The van der Waals surface area contributed by atoms with Gasteiger partial charge in [-0.2, -0.15) is 8.42 Å². The van der Waals surface area contributed by atoms with E-state index in [1.54, 1.807) is 27.7 Å². The third kappa shape index (κ3) is 4.11. The molecule has 0 unspecified atom stereocenters. The molecule has 2 rings (SSSR count). The van der Waals surface area contributed by atoms with E-state index in [2.05, 4.69) is 25.9 Å². The fourth-order valence-corrected chi connectivity index (χ4v) is 3.75. The molecule has 0 saturated heterocycles. The maximum atomic E-state index is 12.9. The lowest BCUT2D eigenvalue weighted by atomic mass is 10.2. The molecular formula is C14H16BrN3O4S2. The van der Waals surface area contributed by atoms with Gasteiger partial charge in [-0.05, 0) is 55.3 Å². The summed E-state index contributed by atoms with van der Waals surface area (Å²) in [7, 11) is -4.26. The number of halogens is 1. The van der Waals surface area contributed by atoms with Crippen LogP contribution in [0.2, 0.25) is 0 Å². The lowest BCUT2D eigenvalue weighted by Crippen LogP contribution is -2.41. The van der Waals surface area contributed by atoms with Crippen molar-refractivity contribution in [2.24, 2.45) is 0 Å². The third-order valence-corrected chi connectivity index (χ3v) is 5.69. The Hall–Kier alpha value is -1.52. The number of hydrogen-bond donors (Lipinski definition) is 0. The molecule has 2 aromatic heterocycles. The number of carbonyl (C=O) groups is 1. The lowest BCUT2D eigenvalue weighted by Gasteiger charge is -2.25. The van der Waals surface area contributed by atoms with Gasteiger partial charge < -0.3 is 4.74 Å². The Morgan fingerprint density at radius 1 is 1.33 bits per heavy atom. The molecule has 0 fully saturated rings. The van der Waals surface area contributed by atoms with E-state index >= 15 is 0 Å². The molecule has 1 amide bonds. The van der Waals surface area contributed by atoms with Gasteiger partial charge in [-0.3, -0.25) is 0 Å². The summed E-state index contributed by atoms with van der Waals surface area (Å²) in [4.78, 5) is 20.3. The van der Waals surface area contributed by atoms with Crippen LogP contribution in [0, 0.1) is 6.92 Å². The zero-order chi connectivity index (χ0) is 18.1. The first-order valence-electron chi connectivity index (χ1n) is 6.81. The molecule has 10 heteroatoms. The lowest BCUT2D eigenvalue weighted by molar-refractivity contribution is 0.0608. The quantitative estimate of drug-likeness (QED) is 0.731. The van der Waals surface area contributed by atoms with Gasteiger partial charge in [0.2, 0.25) is 0 Å². The molecule has 0 aliphatic carbocycles. The van der Waals surface area contributed by atoms with Crippen LogP contribution in [0.5, 0.6) is 0 Å². The van der Waals surface area contributed by atoms with Crippen LogP contribution in [0.3, 0.4) is 0 Å². The van der Waals surface area contributed by atoms with Crippen molar-refractivity contribution in [1.82, 2.24) is 9.97 Å². The second kappa shape index (κ2) is 6.77. The molecule has 2 aromatic rings. The second-order valence-corrected chi connectivity index (χ2v) is 9.17. The molecule has 0 radical (unpaired) electrons. The highest BCUT2D eigenvalue weighted by Gasteiger charge is 2.37. The molecular weight excluding hydrogens is 418 g/mol. The molecule has 2 heterocycles. The predicted octanol–water partition coefficient (Wildman–Crippen LogP) is 3.74. The Morgan fingerprint density at radius 2 is 2.00 bits per heavy atom. The number of pyridine rings is 1. The second-order valence-electron chi connectivity index (χ2n) is 5.87. The van der Waals surface area contributed by atoms with Gasteiger partial charge in [-0.1, -0.05) is 0 Å². The number of sulfonamides is 1. The normalized spacial score (nSPS) is 12.0. The van der Waals surface area contributed by atoms with Crippen LogP contribution in [-0.4, -0.2) is 30.1 Å². The zero-order valence-electron chi connectivity index (χ0n) is 13.5. The highest BCUT2D eigenvalue weighted by Crippen LogP contribution is 2.26.